The normalized spacial score (nSPS) is 10.4. The molecule has 0 N–H and O–H groups in total. The molecule has 30 heavy (non-hydrogen) atoms. The van der Waals surface area contributed by atoms with Crippen molar-refractivity contribution in [2.24, 2.45) is 0 Å². The van der Waals surface area contributed by atoms with Gasteiger partial charge >= 0.3 is 0 Å². The summed E-state index contributed by atoms with van der Waals surface area (Å²) in [4.78, 5) is 4.07. The molecule has 2 heterocycles. The van der Waals surface area contributed by atoms with Crippen molar-refractivity contribution in [3.8, 4) is 0 Å². The minimum absolute atomic E-state index is 0.0350. The Bertz CT molecular complexity index is 1050. The van der Waals surface area contributed by atoms with Crippen molar-refractivity contribution >= 4 is 45.3 Å². The molecule has 2 aromatic heterocycles. The van der Waals surface area contributed by atoms with Crippen molar-refractivity contribution < 1.29 is 0 Å². The van der Waals surface area contributed by atoms with Crippen LogP contribution >= 0.6 is 34.4 Å². The molecule has 5 aromatic rings. The number of hydrogen-bond acceptors (Lipinski definition) is 3. The molecule has 5 rings (SSSR count). The molecule has 0 aliphatic rings. The van der Waals surface area contributed by atoms with Gasteiger partial charge < -0.3 is 0 Å². The Morgan fingerprint density at radius 1 is 0.500 bits per heavy atom. The third-order valence-corrected chi connectivity index (χ3v) is 9.63. The number of hydrogen-bond donors (Lipinski definition) is 0. The molecule has 0 atom stereocenters. The Morgan fingerprint density at radius 2 is 1.03 bits per heavy atom. The quantitative estimate of drug-likeness (QED) is 0.236. The first-order valence-electron chi connectivity index (χ1n) is 9.54. The van der Waals surface area contributed by atoms with Crippen LogP contribution in [0, 0.1) is 0 Å². The Balaban J connectivity index is 0.000000158. The summed E-state index contributed by atoms with van der Waals surface area (Å²) in [6.45, 7) is 0. The lowest BCUT2D eigenvalue weighted by atomic mass is 10.4. The van der Waals surface area contributed by atoms with Crippen LogP contribution in [0.4, 0.5) is 0 Å². The summed E-state index contributed by atoms with van der Waals surface area (Å²) in [5.74, 6) is 0. The maximum absolute atomic E-state index is 2.23. The highest BCUT2D eigenvalue weighted by molar-refractivity contribution is 8.01. The Hall–Kier alpha value is -2.24. The second kappa shape index (κ2) is 11.2. The van der Waals surface area contributed by atoms with Gasteiger partial charge in [0.1, 0.15) is 10.9 Å². The molecule has 0 spiro atoms. The molecule has 0 bridgehead atoms. The van der Waals surface area contributed by atoms with Crippen molar-refractivity contribution in [2.45, 2.75) is 23.1 Å². The van der Waals surface area contributed by atoms with Crippen molar-refractivity contribution in [3.63, 3.8) is 0 Å². The van der Waals surface area contributed by atoms with Crippen molar-refractivity contribution in [3.05, 3.63) is 126 Å². The van der Waals surface area contributed by atoms with Gasteiger partial charge in [-0.25, -0.2) is 0 Å². The smallest absolute Gasteiger partial charge is 0.137 e. The van der Waals surface area contributed by atoms with Crippen LogP contribution in [0.15, 0.2) is 149 Å². The third-order valence-electron chi connectivity index (χ3n) is 4.11. The van der Waals surface area contributed by atoms with Crippen LogP contribution in [0.25, 0.3) is 0 Å². The Kier molecular flexibility index (Phi) is 7.87. The first kappa shape index (κ1) is 21.0. The van der Waals surface area contributed by atoms with Gasteiger partial charge in [-0.15, -0.1) is 11.3 Å². The van der Waals surface area contributed by atoms with E-state index in [1.165, 1.54) is 23.1 Å². The monoisotopic (exact) mass is 461 g/mol. The predicted octanol–water partition coefficient (Wildman–Crippen LogP) is 8.74. The molecule has 0 aliphatic heterocycles. The van der Waals surface area contributed by atoms with Gasteiger partial charge in [0.25, 0.3) is 0 Å². The van der Waals surface area contributed by atoms with Gasteiger partial charge in [0, 0.05) is 11.0 Å². The first-order valence-corrected chi connectivity index (χ1v) is 13.3. The topological polar surface area (TPSA) is 0 Å². The molecule has 0 nitrogen and oxygen atoms in total. The molecule has 0 radical (unpaired) electrons. The van der Waals surface area contributed by atoms with Gasteiger partial charge in [0.15, 0.2) is 9.79 Å². The van der Waals surface area contributed by atoms with Crippen LogP contribution in [-0.4, -0.2) is 0 Å². The van der Waals surface area contributed by atoms with Gasteiger partial charge in [0.2, 0.25) is 4.21 Å². The van der Waals surface area contributed by atoms with Crippen LogP contribution in [0.1, 0.15) is 0 Å². The summed E-state index contributed by atoms with van der Waals surface area (Å²) in [6, 6.07) is 40.5. The molecule has 3 aromatic carbocycles. The predicted molar refractivity (Wildman–Crippen MR) is 134 cm³/mol. The Morgan fingerprint density at radius 3 is 1.53 bits per heavy atom. The van der Waals surface area contributed by atoms with E-state index in [1.54, 1.807) is 11.3 Å². The second-order valence-electron chi connectivity index (χ2n) is 6.21. The third kappa shape index (κ3) is 5.89. The minimum Gasteiger partial charge on any atom is -0.137 e. The van der Waals surface area contributed by atoms with E-state index in [2.05, 4.69) is 120 Å². The molecule has 0 saturated carbocycles. The van der Waals surface area contributed by atoms with Crippen LogP contribution in [-0.2, 0) is 10.9 Å². The van der Waals surface area contributed by atoms with E-state index in [4.69, 9.17) is 0 Å². The summed E-state index contributed by atoms with van der Waals surface area (Å²) in [5.41, 5.74) is 0. The lowest BCUT2D eigenvalue weighted by Crippen LogP contribution is -2.02. The van der Waals surface area contributed by atoms with Crippen LogP contribution in [0.5, 0.6) is 0 Å². The maximum atomic E-state index is 2.23. The highest BCUT2D eigenvalue weighted by atomic mass is 32.2. The molecule has 0 fully saturated rings. The fourth-order valence-electron chi connectivity index (χ4n) is 2.79. The summed E-state index contributed by atoms with van der Waals surface area (Å²) in [7, 11) is 0.0350. The molecule has 0 aliphatic carbocycles. The van der Waals surface area contributed by atoms with E-state index in [9.17, 15) is 0 Å². The van der Waals surface area contributed by atoms with Gasteiger partial charge in [-0.2, -0.15) is 0 Å². The number of benzene rings is 3. The molecule has 4 heteroatoms. The van der Waals surface area contributed by atoms with Gasteiger partial charge in [-0.1, -0.05) is 83.8 Å². The van der Waals surface area contributed by atoms with Crippen molar-refractivity contribution in [1.29, 1.82) is 0 Å². The zero-order valence-corrected chi connectivity index (χ0v) is 19.5. The molecule has 0 saturated heterocycles. The summed E-state index contributed by atoms with van der Waals surface area (Å²) in [6.07, 6.45) is 0. The zero-order valence-electron chi connectivity index (χ0n) is 16.3. The van der Waals surface area contributed by atoms with Gasteiger partial charge in [-0.3, -0.25) is 0 Å². The van der Waals surface area contributed by atoms with Crippen molar-refractivity contribution in [2.75, 3.05) is 0 Å². The van der Waals surface area contributed by atoms with Crippen LogP contribution in [0.3, 0.4) is 0 Å². The van der Waals surface area contributed by atoms with E-state index >= 15 is 0 Å². The molecule has 148 valence electrons. The average molecular weight is 462 g/mol. The summed E-state index contributed by atoms with van der Waals surface area (Å²) >= 11 is 5.43. The van der Waals surface area contributed by atoms with Crippen molar-refractivity contribution in [1.82, 2.24) is 0 Å². The highest BCUT2D eigenvalue weighted by Gasteiger charge is 2.28. The van der Waals surface area contributed by atoms with E-state index in [-0.39, 0.29) is 10.9 Å². The van der Waals surface area contributed by atoms with E-state index in [0.29, 0.717) is 0 Å². The van der Waals surface area contributed by atoms with Crippen LogP contribution < -0.4 is 0 Å². The lowest BCUT2D eigenvalue weighted by molar-refractivity contribution is 1.36. The summed E-state index contributed by atoms with van der Waals surface area (Å²) < 4.78 is 2.77. The second-order valence-corrected chi connectivity index (χ2v) is 11.7. The Labute approximate surface area is 193 Å². The minimum atomic E-state index is 0.0350. The van der Waals surface area contributed by atoms with E-state index < -0.39 is 0 Å². The average Bonchev–Trinajstić information content (AvgIpc) is 3.52. The molecular weight excluding hydrogens is 441 g/mol. The van der Waals surface area contributed by atoms with Gasteiger partial charge in [-0.05, 0) is 59.3 Å². The van der Waals surface area contributed by atoms with E-state index in [1.807, 2.05) is 29.2 Å². The number of rotatable bonds is 5. The first-order chi connectivity index (χ1) is 14.9. The zero-order chi connectivity index (χ0) is 20.4. The van der Waals surface area contributed by atoms with Gasteiger partial charge in [0.05, 0.1) is 4.21 Å². The SMILES string of the molecule is c1ccc(Sc2cccs2)cc1.c1ccc([S+](c2ccccc2)c2cccs2)cc1. The fraction of sp³-hybridized carbons (Fsp3) is 0. The highest BCUT2D eigenvalue weighted by Crippen LogP contribution is 2.33. The van der Waals surface area contributed by atoms with E-state index in [0.717, 1.165) is 0 Å². The summed E-state index contributed by atoms with van der Waals surface area (Å²) in [5, 5.41) is 4.26. The standard InChI is InChI=1S/C16H13S2.C10H8S2/c1-3-8-14(9-4-1)18(16-12-7-13-17-16)15-10-5-2-6-11-15;1-2-5-9(6-3-1)12-10-7-4-8-11-10/h1-13H;1-8H/q+1;. The molecule has 0 amide bonds. The largest absolute Gasteiger partial charge is 0.220 e. The van der Waals surface area contributed by atoms with Crippen LogP contribution in [0.2, 0.25) is 0 Å². The molecular formula is C26H21S4+. The fourth-order valence-corrected chi connectivity index (χ4v) is 7.94. The maximum Gasteiger partial charge on any atom is 0.220 e. The number of thiophene rings is 2. The lowest BCUT2D eigenvalue weighted by Gasteiger charge is -2.04. The molecule has 0 unspecified atom stereocenters.